The van der Waals surface area contributed by atoms with Gasteiger partial charge in [0.1, 0.15) is 16.1 Å². The predicted octanol–water partition coefficient (Wildman–Crippen LogP) is 4.76. The summed E-state index contributed by atoms with van der Waals surface area (Å²) >= 11 is 3.08. The lowest BCUT2D eigenvalue weighted by molar-refractivity contribution is -0.113. The van der Waals surface area contributed by atoms with Crippen LogP contribution in [0.4, 0.5) is 10.8 Å². The Morgan fingerprint density at radius 1 is 1.17 bits per heavy atom. The van der Waals surface area contributed by atoms with Crippen LogP contribution in [0.5, 0.6) is 0 Å². The van der Waals surface area contributed by atoms with Crippen molar-refractivity contribution < 1.29 is 4.79 Å². The third kappa shape index (κ3) is 4.87. The van der Waals surface area contributed by atoms with Crippen molar-refractivity contribution in [2.24, 2.45) is 0 Å². The molecule has 0 radical (unpaired) electrons. The van der Waals surface area contributed by atoms with Crippen LogP contribution >= 0.6 is 23.1 Å². The van der Waals surface area contributed by atoms with Gasteiger partial charge >= 0.3 is 0 Å². The minimum Gasteiger partial charge on any atom is -0.348 e. The van der Waals surface area contributed by atoms with E-state index in [1.165, 1.54) is 37.4 Å². The smallest absolute Gasteiger partial charge is 0.234 e. The van der Waals surface area contributed by atoms with Gasteiger partial charge in [0.05, 0.1) is 5.75 Å². The summed E-state index contributed by atoms with van der Waals surface area (Å²) in [6.45, 7) is 4.19. The third-order valence-electron chi connectivity index (χ3n) is 5.04. The van der Waals surface area contributed by atoms with Crippen LogP contribution in [0.2, 0.25) is 0 Å². The molecular formula is C21H25N5OS2. The van der Waals surface area contributed by atoms with E-state index in [-0.39, 0.29) is 5.91 Å². The molecule has 0 unspecified atom stereocenters. The van der Waals surface area contributed by atoms with E-state index in [1.807, 2.05) is 24.3 Å². The number of rotatable bonds is 6. The molecule has 4 rings (SSSR count). The van der Waals surface area contributed by atoms with Crippen LogP contribution in [0.25, 0.3) is 10.3 Å². The van der Waals surface area contributed by atoms with E-state index in [2.05, 4.69) is 27.1 Å². The Bertz CT molecular complexity index is 982. The Hall–Kier alpha value is -2.19. The maximum absolute atomic E-state index is 12.5. The Morgan fingerprint density at radius 3 is 2.76 bits per heavy atom. The molecule has 1 aliphatic heterocycles. The van der Waals surface area contributed by atoms with E-state index in [9.17, 15) is 4.79 Å². The minimum atomic E-state index is -0.0279. The van der Waals surface area contributed by atoms with Crippen LogP contribution < -0.4 is 10.2 Å². The zero-order valence-electron chi connectivity index (χ0n) is 16.6. The van der Waals surface area contributed by atoms with Gasteiger partial charge in [0.2, 0.25) is 5.91 Å². The highest BCUT2D eigenvalue weighted by Gasteiger charge is 2.18. The van der Waals surface area contributed by atoms with Gasteiger partial charge in [-0.05, 0) is 30.9 Å². The van der Waals surface area contributed by atoms with E-state index in [1.54, 1.807) is 17.7 Å². The third-order valence-corrected chi connectivity index (χ3v) is 7.27. The Balaban J connectivity index is 1.45. The lowest BCUT2D eigenvalue weighted by Gasteiger charge is -2.18. The van der Waals surface area contributed by atoms with E-state index in [4.69, 9.17) is 4.98 Å². The maximum Gasteiger partial charge on any atom is 0.234 e. The van der Waals surface area contributed by atoms with Gasteiger partial charge in [0.15, 0.2) is 10.8 Å². The van der Waals surface area contributed by atoms with Crippen LogP contribution in [0.15, 0.2) is 35.6 Å². The summed E-state index contributed by atoms with van der Waals surface area (Å²) in [7, 11) is 0. The Labute approximate surface area is 179 Å². The lowest BCUT2D eigenvalue weighted by Crippen LogP contribution is -2.23. The zero-order valence-corrected chi connectivity index (χ0v) is 18.2. The molecule has 1 aromatic carbocycles. The molecule has 8 heteroatoms. The quantitative estimate of drug-likeness (QED) is 0.452. The molecule has 0 spiro atoms. The number of thiazole rings is 1. The number of carbonyl (C=O) groups is 1. The van der Waals surface area contributed by atoms with Crippen molar-refractivity contribution >= 4 is 50.2 Å². The number of aryl methyl sites for hydroxylation is 1. The second-order valence-electron chi connectivity index (χ2n) is 7.08. The predicted molar refractivity (Wildman–Crippen MR) is 121 cm³/mol. The number of thioether (sulfide) groups is 1. The van der Waals surface area contributed by atoms with Crippen LogP contribution in [-0.4, -0.2) is 39.7 Å². The van der Waals surface area contributed by atoms with Gasteiger partial charge in [-0.2, -0.15) is 4.98 Å². The summed E-state index contributed by atoms with van der Waals surface area (Å²) in [5, 5.41) is 4.87. The number of nitrogens with one attached hydrogen (secondary N) is 1. The summed E-state index contributed by atoms with van der Waals surface area (Å²) in [4.78, 5) is 28.4. The summed E-state index contributed by atoms with van der Waals surface area (Å²) < 4.78 is 0.971. The number of anilines is 2. The highest BCUT2D eigenvalue weighted by molar-refractivity contribution is 8.00. The van der Waals surface area contributed by atoms with Crippen molar-refractivity contribution in [3.8, 4) is 0 Å². The number of amides is 1. The number of nitrogens with zero attached hydrogens (tertiary/aromatic N) is 4. The van der Waals surface area contributed by atoms with Gasteiger partial charge in [0.25, 0.3) is 0 Å². The Kier molecular flexibility index (Phi) is 6.61. The molecule has 0 bridgehead atoms. The molecule has 0 saturated carbocycles. The van der Waals surface area contributed by atoms with Crippen molar-refractivity contribution in [2.75, 3.05) is 29.1 Å². The number of para-hydroxylation sites is 1. The summed E-state index contributed by atoms with van der Waals surface area (Å²) in [5.74, 6) is 0.279. The Morgan fingerprint density at radius 2 is 1.97 bits per heavy atom. The van der Waals surface area contributed by atoms with Crippen molar-refractivity contribution in [3.63, 3.8) is 0 Å². The van der Waals surface area contributed by atoms with Crippen LogP contribution in [0.3, 0.4) is 0 Å². The first kappa shape index (κ1) is 20.1. The molecule has 152 valence electrons. The number of benzene rings is 1. The molecule has 6 nitrogen and oxygen atoms in total. The molecule has 1 fully saturated rings. The largest absolute Gasteiger partial charge is 0.348 e. The van der Waals surface area contributed by atoms with Crippen molar-refractivity contribution in [1.82, 2.24) is 15.0 Å². The molecule has 0 aliphatic carbocycles. The molecule has 1 amide bonds. The summed E-state index contributed by atoms with van der Waals surface area (Å²) in [6, 6.07) is 7.92. The normalized spacial score (nSPS) is 14.7. The maximum atomic E-state index is 12.5. The van der Waals surface area contributed by atoms with Crippen molar-refractivity contribution in [2.45, 2.75) is 44.1 Å². The van der Waals surface area contributed by atoms with E-state index in [0.29, 0.717) is 5.75 Å². The monoisotopic (exact) mass is 427 g/mol. The standard InChI is InChI=1S/C21H25N5OS2/c1-2-15-9-5-6-10-16(15)24-17(27)13-28-20-18-19(22-14-23-20)25-21(29-18)26-11-7-3-4-8-12-26/h5-6,9-10,14H,2-4,7-8,11-13H2,1H3,(H,24,27). The molecular weight excluding hydrogens is 402 g/mol. The first-order valence-corrected chi connectivity index (χ1v) is 11.9. The first-order chi connectivity index (χ1) is 14.2. The summed E-state index contributed by atoms with van der Waals surface area (Å²) in [6.07, 6.45) is 7.43. The van der Waals surface area contributed by atoms with Gasteiger partial charge in [-0.15, -0.1) is 0 Å². The molecule has 1 aliphatic rings. The van der Waals surface area contributed by atoms with Gasteiger partial charge in [0, 0.05) is 18.8 Å². The van der Waals surface area contributed by atoms with Gasteiger partial charge < -0.3 is 10.2 Å². The van der Waals surface area contributed by atoms with Gasteiger partial charge in [-0.3, -0.25) is 4.79 Å². The van der Waals surface area contributed by atoms with E-state index in [0.717, 1.165) is 51.3 Å². The fourth-order valence-electron chi connectivity index (χ4n) is 3.49. The lowest BCUT2D eigenvalue weighted by atomic mass is 10.1. The molecule has 29 heavy (non-hydrogen) atoms. The van der Waals surface area contributed by atoms with Crippen LogP contribution in [-0.2, 0) is 11.2 Å². The van der Waals surface area contributed by atoms with Crippen LogP contribution in [0, 0.1) is 0 Å². The SMILES string of the molecule is CCc1ccccc1NC(=O)CSc1ncnc2nc(N3CCCCCC3)sc12. The summed E-state index contributed by atoms with van der Waals surface area (Å²) in [5.41, 5.74) is 2.75. The zero-order chi connectivity index (χ0) is 20.1. The molecule has 1 N–H and O–H groups in total. The number of carbonyl (C=O) groups excluding carboxylic acids is 1. The van der Waals surface area contributed by atoms with Gasteiger partial charge in [-0.25, -0.2) is 9.97 Å². The molecule has 0 atom stereocenters. The average Bonchev–Trinajstić information content (AvgIpc) is 2.99. The molecule has 1 saturated heterocycles. The second-order valence-corrected chi connectivity index (χ2v) is 9.02. The number of fused-ring (bicyclic) bond motifs is 1. The second kappa shape index (κ2) is 9.54. The number of aromatic nitrogens is 3. The number of hydrogen-bond donors (Lipinski definition) is 1. The van der Waals surface area contributed by atoms with Crippen molar-refractivity contribution in [3.05, 3.63) is 36.2 Å². The fourth-order valence-corrected chi connectivity index (χ4v) is 5.44. The highest BCUT2D eigenvalue weighted by atomic mass is 32.2. The van der Waals surface area contributed by atoms with E-state index >= 15 is 0 Å². The first-order valence-electron chi connectivity index (χ1n) is 10.1. The highest BCUT2D eigenvalue weighted by Crippen LogP contribution is 2.34. The number of hydrogen-bond acceptors (Lipinski definition) is 7. The minimum absolute atomic E-state index is 0.0279. The van der Waals surface area contributed by atoms with E-state index < -0.39 is 0 Å². The van der Waals surface area contributed by atoms with Crippen LogP contribution in [0.1, 0.15) is 38.2 Å². The molecule has 3 aromatic rings. The average molecular weight is 428 g/mol. The van der Waals surface area contributed by atoms with Crippen molar-refractivity contribution in [1.29, 1.82) is 0 Å². The fraction of sp³-hybridized carbons (Fsp3) is 0.429. The molecule has 3 heterocycles. The molecule has 2 aromatic heterocycles. The van der Waals surface area contributed by atoms with Gasteiger partial charge in [-0.1, -0.05) is 61.1 Å². The topological polar surface area (TPSA) is 71.0 Å².